The maximum absolute atomic E-state index is 12.2. The third kappa shape index (κ3) is 1.95. The lowest BCUT2D eigenvalue weighted by Gasteiger charge is -2.39. The number of ether oxygens (including phenoxy) is 1. The molecule has 19 heavy (non-hydrogen) atoms. The molecule has 4 nitrogen and oxygen atoms in total. The molecule has 0 unspecified atom stereocenters. The quantitative estimate of drug-likeness (QED) is 0.884. The van der Waals surface area contributed by atoms with Crippen LogP contribution in [0, 0.1) is 0 Å². The number of amides is 1. The number of carbonyl (C=O) groups excluding carboxylic acids is 1. The van der Waals surface area contributed by atoms with Crippen molar-refractivity contribution in [3.63, 3.8) is 0 Å². The second-order valence-corrected chi connectivity index (χ2v) is 5.49. The van der Waals surface area contributed by atoms with Gasteiger partial charge in [0.2, 0.25) is 5.91 Å². The van der Waals surface area contributed by atoms with Gasteiger partial charge in [0.05, 0.1) is 12.6 Å². The average Bonchev–Trinajstić information content (AvgIpc) is 2.74. The zero-order chi connectivity index (χ0) is 13.5. The van der Waals surface area contributed by atoms with Gasteiger partial charge in [0.25, 0.3) is 0 Å². The fourth-order valence-electron chi connectivity index (χ4n) is 3.32. The Morgan fingerprint density at radius 2 is 2.16 bits per heavy atom. The summed E-state index contributed by atoms with van der Waals surface area (Å²) in [6, 6.07) is 9.55. The van der Waals surface area contributed by atoms with Crippen LogP contribution in [-0.2, 0) is 9.53 Å². The minimum atomic E-state index is -0.566. The lowest BCUT2D eigenvalue weighted by molar-refractivity contribution is -0.159. The molecule has 1 N–H and O–H groups in total. The Morgan fingerprint density at radius 3 is 2.84 bits per heavy atom. The molecule has 1 amide bonds. The number of hydrogen-bond donors (Lipinski definition) is 1. The maximum Gasteiger partial charge on any atom is 0.225 e. The van der Waals surface area contributed by atoms with Gasteiger partial charge in [0, 0.05) is 6.42 Å². The van der Waals surface area contributed by atoms with Gasteiger partial charge < -0.3 is 14.7 Å². The van der Waals surface area contributed by atoms with Crippen LogP contribution in [-0.4, -0.2) is 34.3 Å². The van der Waals surface area contributed by atoms with Gasteiger partial charge in [-0.15, -0.1) is 0 Å². The third-order valence-electron chi connectivity index (χ3n) is 4.19. The number of rotatable bonds is 2. The van der Waals surface area contributed by atoms with Crippen molar-refractivity contribution in [2.75, 3.05) is 6.61 Å². The first-order valence-electron chi connectivity index (χ1n) is 6.81. The molecule has 2 fully saturated rings. The molecule has 0 aliphatic carbocycles. The highest BCUT2D eigenvalue weighted by molar-refractivity contribution is 5.78. The normalized spacial score (nSPS) is 34.4. The van der Waals surface area contributed by atoms with E-state index >= 15 is 0 Å². The van der Waals surface area contributed by atoms with Crippen LogP contribution in [0.4, 0.5) is 0 Å². The summed E-state index contributed by atoms with van der Waals surface area (Å²) in [5.41, 5.74) is 0.452. The summed E-state index contributed by atoms with van der Waals surface area (Å²) >= 11 is 0. The van der Waals surface area contributed by atoms with Gasteiger partial charge in [-0.25, -0.2) is 0 Å². The number of hydrogen-bond acceptors (Lipinski definition) is 3. The number of piperidine rings is 1. The molecule has 4 heteroatoms. The molecule has 2 aliphatic heterocycles. The lowest BCUT2D eigenvalue weighted by atomic mass is 9.97. The van der Waals surface area contributed by atoms with E-state index in [9.17, 15) is 9.90 Å². The number of nitrogens with zero attached hydrogens (tertiary/aromatic N) is 1. The maximum atomic E-state index is 12.2. The van der Waals surface area contributed by atoms with Crippen LogP contribution in [0.2, 0.25) is 0 Å². The number of benzene rings is 1. The fourth-order valence-corrected chi connectivity index (χ4v) is 3.32. The molecule has 0 spiro atoms. The molecular formula is C15H19NO3. The molecule has 0 radical (unpaired) electrons. The highest BCUT2D eigenvalue weighted by atomic mass is 16.5. The Balaban J connectivity index is 1.97. The second-order valence-electron chi connectivity index (χ2n) is 5.49. The molecule has 0 saturated carbocycles. The lowest BCUT2D eigenvalue weighted by Crippen LogP contribution is -2.53. The van der Waals surface area contributed by atoms with Gasteiger partial charge in [0.1, 0.15) is 11.8 Å². The monoisotopic (exact) mass is 261 g/mol. The Kier molecular flexibility index (Phi) is 3.07. The first-order chi connectivity index (χ1) is 9.15. The minimum Gasteiger partial charge on any atom is -0.394 e. The Hall–Kier alpha value is -1.39. The van der Waals surface area contributed by atoms with Gasteiger partial charge >= 0.3 is 0 Å². The first kappa shape index (κ1) is 12.6. The number of aliphatic hydroxyl groups is 1. The van der Waals surface area contributed by atoms with E-state index in [0.29, 0.717) is 6.42 Å². The van der Waals surface area contributed by atoms with Crippen molar-refractivity contribution in [3.8, 4) is 0 Å². The fraction of sp³-hybridized carbons (Fsp3) is 0.533. The summed E-state index contributed by atoms with van der Waals surface area (Å²) in [5.74, 6) is 0.0891. The van der Waals surface area contributed by atoms with E-state index in [1.807, 2.05) is 37.3 Å². The number of aliphatic hydroxyl groups excluding tert-OH is 1. The standard InChI is InChI=1S/C15H19NO3/c1-15-9-5-8-13(18)16(15)12(10-17)14(19-15)11-6-3-2-4-7-11/h2-4,6-7,12,14,17H,5,8-10H2,1H3/t12-,14-,15-/m0/s1. The van der Waals surface area contributed by atoms with Crippen molar-refractivity contribution >= 4 is 5.91 Å². The van der Waals surface area contributed by atoms with E-state index in [1.54, 1.807) is 4.90 Å². The van der Waals surface area contributed by atoms with Crippen molar-refractivity contribution in [3.05, 3.63) is 35.9 Å². The van der Waals surface area contributed by atoms with E-state index in [-0.39, 0.29) is 24.7 Å². The molecule has 2 saturated heterocycles. The van der Waals surface area contributed by atoms with Crippen LogP contribution >= 0.6 is 0 Å². The van der Waals surface area contributed by atoms with E-state index in [2.05, 4.69) is 0 Å². The van der Waals surface area contributed by atoms with Gasteiger partial charge in [0.15, 0.2) is 0 Å². The SMILES string of the molecule is C[C@]12CCCC(=O)N1[C@@H](CO)[C@H](c1ccccc1)O2. The Morgan fingerprint density at radius 1 is 1.42 bits per heavy atom. The molecule has 0 aromatic heterocycles. The largest absolute Gasteiger partial charge is 0.394 e. The number of carbonyl (C=O) groups is 1. The van der Waals surface area contributed by atoms with E-state index < -0.39 is 5.72 Å². The molecular weight excluding hydrogens is 242 g/mol. The summed E-state index contributed by atoms with van der Waals surface area (Å²) in [4.78, 5) is 13.9. The molecule has 1 aromatic rings. The average molecular weight is 261 g/mol. The first-order valence-corrected chi connectivity index (χ1v) is 6.81. The molecule has 2 aliphatic rings. The molecule has 1 aromatic carbocycles. The van der Waals surface area contributed by atoms with Crippen LogP contribution in [0.1, 0.15) is 37.9 Å². The highest BCUT2D eigenvalue weighted by Gasteiger charge is 2.53. The zero-order valence-corrected chi connectivity index (χ0v) is 11.1. The summed E-state index contributed by atoms with van der Waals surface area (Å²) in [7, 11) is 0. The molecule has 2 heterocycles. The van der Waals surface area contributed by atoms with Gasteiger partial charge in [-0.05, 0) is 25.3 Å². The molecule has 102 valence electrons. The van der Waals surface area contributed by atoms with Crippen LogP contribution in [0.25, 0.3) is 0 Å². The van der Waals surface area contributed by atoms with Crippen molar-refractivity contribution < 1.29 is 14.6 Å². The van der Waals surface area contributed by atoms with E-state index in [1.165, 1.54) is 0 Å². The minimum absolute atomic E-state index is 0.0686. The van der Waals surface area contributed by atoms with Gasteiger partial charge in [-0.3, -0.25) is 4.79 Å². The van der Waals surface area contributed by atoms with Gasteiger partial charge in [-0.1, -0.05) is 30.3 Å². The Labute approximate surface area is 113 Å². The second kappa shape index (κ2) is 4.62. The predicted molar refractivity (Wildman–Crippen MR) is 70.2 cm³/mol. The summed E-state index contributed by atoms with van der Waals surface area (Å²) < 4.78 is 6.16. The molecule has 3 atom stereocenters. The molecule has 3 rings (SSSR count). The van der Waals surface area contributed by atoms with Gasteiger partial charge in [-0.2, -0.15) is 0 Å². The summed E-state index contributed by atoms with van der Waals surface area (Å²) in [6.45, 7) is 1.89. The summed E-state index contributed by atoms with van der Waals surface area (Å²) in [6.07, 6.45) is 2.00. The highest BCUT2D eigenvalue weighted by Crippen LogP contribution is 2.45. The third-order valence-corrected chi connectivity index (χ3v) is 4.19. The topological polar surface area (TPSA) is 49.8 Å². The number of fused-ring (bicyclic) bond motifs is 1. The van der Waals surface area contributed by atoms with Crippen LogP contribution < -0.4 is 0 Å². The van der Waals surface area contributed by atoms with Crippen LogP contribution in [0.3, 0.4) is 0 Å². The Bertz CT molecular complexity index is 476. The van der Waals surface area contributed by atoms with E-state index in [4.69, 9.17) is 4.74 Å². The van der Waals surface area contributed by atoms with Crippen molar-refractivity contribution in [2.24, 2.45) is 0 Å². The van der Waals surface area contributed by atoms with E-state index in [0.717, 1.165) is 18.4 Å². The van der Waals surface area contributed by atoms with Crippen molar-refractivity contribution in [1.29, 1.82) is 0 Å². The zero-order valence-electron chi connectivity index (χ0n) is 11.1. The van der Waals surface area contributed by atoms with Crippen LogP contribution in [0.5, 0.6) is 0 Å². The molecule has 0 bridgehead atoms. The summed E-state index contributed by atoms with van der Waals surface area (Å²) in [5, 5.41) is 9.70. The smallest absolute Gasteiger partial charge is 0.225 e. The van der Waals surface area contributed by atoms with Crippen molar-refractivity contribution in [2.45, 2.75) is 44.1 Å². The van der Waals surface area contributed by atoms with Crippen molar-refractivity contribution in [1.82, 2.24) is 4.90 Å². The predicted octanol–water partition coefficient (Wildman–Crippen LogP) is 1.85. The van der Waals surface area contributed by atoms with Crippen LogP contribution in [0.15, 0.2) is 30.3 Å².